The number of nitrogens with two attached hydrogens (primary N) is 1. The van der Waals surface area contributed by atoms with Gasteiger partial charge in [-0.05, 0) is 49.5 Å². The fourth-order valence-electron chi connectivity index (χ4n) is 4.38. The van der Waals surface area contributed by atoms with Gasteiger partial charge in [0.05, 0.1) is 11.3 Å². The van der Waals surface area contributed by atoms with Gasteiger partial charge in [-0.2, -0.15) is 9.97 Å². The normalized spacial score (nSPS) is 13.7. The van der Waals surface area contributed by atoms with Crippen molar-refractivity contribution in [3.05, 3.63) is 83.6 Å². The maximum absolute atomic E-state index is 12.5. The van der Waals surface area contributed by atoms with Gasteiger partial charge in [-0.1, -0.05) is 12.6 Å². The molecule has 12 heteroatoms. The van der Waals surface area contributed by atoms with E-state index in [4.69, 9.17) is 5.73 Å². The third kappa shape index (κ3) is 5.45. The second kappa shape index (κ2) is 10.7. The first-order valence-corrected chi connectivity index (χ1v) is 12.2. The second-order valence-corrected chi connectivity index (χ2v) is 9.11. The van der Waals surface area contributed by atoms with Crippen LogP contribution in [0.5, 0.6) is 0 Å². The van der Waals surface area contributed by atoms with E-state index in [-0.39, 0.29) is 17.2 Å². The van der Waals surface area contributed by atoms with Crippen LogP contribution < -0.4 is 26.8 Å². The highest BCUT2D eigenvalue weighted by Gasteiger charge is 2.20. The van der Waals surface area contributed by atoms with Crippen molar-refractivity contribution < 1.29 is 9.59 Å². The van der Waals surface area contributed by atoms with E-state index >= 15 is 0 Å². The number of hydrogen-bond donors (Lipinski definition) is 3. The molecule has 0 radical (unpaired) electrons. The van der Waals surface area contributed by atoms with Crippen molar-refractivity contribution in [1.82, 2.24) is 24.4 Å². The van der Waals surface area contributed by atoms with Crippen LogP contribution in [-0.2, 0) is 4.79 Å². The van der Waals surface area contributed by atoms with Gasteiger partial charge in [0.2, 0.25) is 11.9 Å². The second-order valence-electron chi connectivity index (χ2n) is 9.11. The van der Waals surface area contributed by atoms with Crippen LogP contribution in [0.2, 0.25) is 0 Å². The standard InChI is InChI=1S/C27H27N9O3/c1-3-23(37)31-17-5-4-6-19(13-17)36-16-30-26(39)21-15-29-27(33-25(21)36)32-18-7-8-22(20(14-18)24(28)38)35-11-9-34(2)10-12-35/h3-8,13-16H,1,9-12H2,2H3,(H2,28,38)(H,31,37)(H,29,32,33). The summed E-state index contributed by atoms with van der Waals surface area (Å²) in [6.45, 7) is 6.83. The average molecular weight is 526 g/mol. The van der Waals surface area contributed by atoms with Gasteiger partial charge in [0.1, 0.15) is 11.7 Å². The van der Waals surface area contributed by atoms with Gasteiger partial charge >= 0.3 is 0 Å². The molecule has 5 rings (SSSR count). The Balaban J connectivity index is 1.49. The molecule has 39 heavy (non-hydrogen) atoms. The van der Waals surface area contributed by atoms with E-state index < -0.39 is 11.5 Å². The predicted octanol–water partition coefficient (Wildman–Crippen LogP) is 1.89. The first-order valence-electron chi connectivity index (χ1n) is 12.2. The van der Waals surface area contributed by atoms with Gasteiger partial charge in [0.25, 0.3) is 11.5 Å². The van der Waals surface area contributed by atoms with Crippen molar-refractivity contribution in [2.75, 3.05) is 48.8 Å². The van der Waals surface area contributed by atoms with Crippen molar-refractivity contribution in [2.45, 2.75) is 0 Å². The van der Waals surface area contributed by atoms with Crippen molar-refractivity contribution >= 4 is 45.9 Å². The molecule has 1 saturated heterocycles. The minimum absolute atomic E-state index is 0.209. The summed E-state index contributed by atoms with van der Waals surface area (Å²) >= 11 is 0. The first kappa shape index (κ1) is 25.5. The van der Waals surface area contributed by atoms with Crippen LogP contribution in [0, 0.1) is 0 Å². The molecule has 0 bridgehead atoms. The van der Waals surface area contributed by atoms with E-state index in [0.717, 1.165) is 31.9 Å². The van der Waals surface area contributed by atoms with Crippen molar-refractivity contribution in [1.29, 1.82) is 0 Å². The molecule has 1 aliphatic rings. The third-order valence-electron chi connectivity index (χ3n) is 6.46. The lowest BCUT2D eigenvalue weighted by atomic mass is 10.1. The van der Waals surface area contributed by atoms with Crippen molar-refractivity contribution in [2.24, 2.45) is 5.73 Å². The molecule has 0 spiro atoms. The molecular weight excluding hydrogens is 498 g/mol. The number of amides is 2. The summed E-state index contributed by atoms with van der Waals surface area (Å²) in [5.74, 6) is -0.672. The Morgan fingerprint density at radius 3 is 2.59 bits per heavy atom. The Labute approximate surface area is 223 Å². The summed E-state index contributed by atoms with van der Waals surface area (Å²) in [5, 5.41) is 6.03. The molecule has 4 N–H and O–H groups in total. The van der Waals surface area contributed by atoms with E-state index in [0.29, 0.717) is 28.3 Å². The molecule has 198 valence electrons. The summed E-state index contributed by atoms with van der Waals surface area (Å²) in [5.41, 5.74) is 8.46. The number of likely N-dealkylation sites (N-methyl/N-ethyl adjacent to an activating group) is 1. The van der Waals surface area contributed by atoms with Gasteiger partial charge in [-0.3, -0.25) is 19.0 Å². The maximum Gasteiger partial charge on any atom is 0.283 e. The summed E-state index contributed by atoms with van der Waals surface area (Å²) in [6.07, 6.45) is 3.94. The van der Waals surface area contributed by atoms with Gasteiger partial charge in [0.15, 0.2) is 5.65 Å². The summed E-state index contributed by atoms with van der Waals surface area (Å²) in [4.78, 5) is 53.7. The zero-order valence-electron chi connectivity index (χ0n) is 21.3. The maximum atomic E-state index is 12.5. The Kier molecular flexibility index (Phi) is 7.02. The molecule has 2 aromatic heterocycles. The number of nitrogens with one attached hydrogen (secondary N) is 2. The van der Waals surface area contributed by atoms with Crippen LogP contribution in [0.25, 0.3) is 16.7 Å². The Morgan fingerprint density at radius 1 is 1.05 bits per heavy atom. The van der Waals surface area contributed by atoms with Crippen LogP contribution in [0.4, 0.5) is 23.0 Å². The molecule has 0 saturated carbocycles. The molecule has 1 aliphatic heterocycles. The number of nitrogens with zero attached hydrogens (tertiary/aromatic N) is 6. The van der Waals surface area contributed by atoms with E-state index in [1.54, 1.807) is 34.9 Å². The number of rotatable bonds is 7. The zero-order valence-corrected chi connectivity index (χ0v) is 21.3. The Hall–Kier alpha value is -5.10. The van der Waals surface area contributed by atoms with Gasteiger partial charge < -0.3 is 26.2 Å². The van der Waals surface area contributed by atoms with E-state index in [2.05, 4.69) is 49.0 Å². The number of carbonyl (C=O) groups is 2. The van der Waals surface area contributed by atoms with Crippen LogP contribution in [0.15, 0.2) is 72.4 Å². The lowest BCUT2D eigenvalue weighted by molar-refractivity contribution is -0.111. The number of hydrogen-bond acceptors (Lipinski definition) is 9. The molecule has 0 atom stereocenters. The van der Waals surface area contributed by atoms with Crippen molar-refractivity contribution in [3.63, 3.8) is 0 Å². The number of fused-ring (bicyclic) bond motifs is 1. The van der Waals surface area contributed by atoms with E-state index in [9.17, 15) is 14.4 Å². The molecule has 2 amide bonds. The van der Waals surface area contributed by atoms with Gasteiger partial charge in [0, 0.05) is 49.4 Å². The number of anilines is 4. The SMILES string of the molecule is C=CC(=O)Nc1cccc(-n2cnc(=O)c3cnc(Nc4ccc(N5CCN(C)CC5)c(C(N)=O)c4)nc32)c1. The lowest BCUT2D eigenvalue weighted by Crippen LogP contribution is -2.45. The van der Waals surface area contributed by atoms with Crippen LogP contribution in [0.3, 0.4) is 0 Å². The van der Waals surface area contributed by atoms with Gasteiger partial charge in [-0.15, -0.1) is 0 Å². The highest BCUT2D eigenvalue weighted by atomic mass is 16.2. The largest absolute Gasteiger partial charge is 0.368 e. The average Bonchev–Trinajstić information content (AvgIpc) is 2.94. The van der Waals surface area contributed by atoms with Gasteiger partial charge in [-0.25, -0.2) is 4.98 Å². The molecule has 4 aromatic rings. The van der Waals surface area contributed by atoms with Crippen molar-refractivity contribution in [3.8, 4) is 5.69 Å². The Morgan fingerprint density at radius 2 is 1.85 bits per heavy atom. The van der Waals surface area contributed by atoms with E-state index in [1.165, 1.54) is 18.6 Å². The summed E-state index contributed by atoms with van der Waals surface area (Å²) < 4.78 is 1.62. The number of carbonyl (C=O) groups excluding carboxylic acids is 2. The third-order valence-corrected chi connectivity index (χ3v) is 6.46. The number of piperazine rings is 1. The zero-order chi connectivity index (χ0) is 27.5. The summed E-state index contributed by atoms with van der Waals surface area (Å²) in [7, 11) is 2.07. The minimum Gasteiger partial charge on any atom is -0.368 e. The minimum atomic E-state index is -0.532. The predicted molar refractivity (Wildman–Crippen MR) is 150 cm³/mol. The smallest absolute Gasteiger partial charge is 0.283 e. The quantitative estimate of drug-likeness (QED) is 0.307. The Bertz CT molecular complexity index is 1640. The fourth-order valence-corrected chi connectivity index (χ4v) is 4.38. The number of benzene rings is 2. The molecule has 0 aliphatic carbocycles. The van der Waals surface area contributed by atoms with Crippen LogP contribution in [-0.4, -0.2) is 69.5 Å². The van der Waals surface area contributed by atoms with Crippen LogP contribution >= 0.6 is 0 Å². The molecule has 2 aromatic carbocycles. The molecule has 12 nitrogen and oxygen atoms in total. The highest BCUT2D eigenvalue weighted by Crippen LogP contribution is 2.27. The lowest BCUT2D eigenvalue weighted by Gasteiger charge is -2.35. The molecule has 0 unspecified atom stereocenters. The van der Waals surface area contributed by atoms with E-state index in [1.807, 2.05) is 12.1 Å². The fraction of sp³-hybridized carbons (Fsp3) is 0.185. The molecule has 3 heterocycles. The topological polar surface area (TPSA) is 151 Å². The number of primary amides is 1. The first-order chi connectivity index (χ1) is 18.8. The van der Waals surface area contributed by atoms with Crippen LogP contribution in [0.1, 0.15) is 10.4 Å². The monoisotopic (exact) mass is 525 g/mol. The number of aromatic nitrogens is 4. The highest BCUT2D eigenvalue weighted by molar-refractivity contribution is 6.00. The molecule has 1 fully saturated rings. The molecular formula is C27H27N9O3. The summed E-state index contributed by atoms with van der Waals surface area (Å²) in [6, 6.07) is 12.4.